The van der Waals surface area contributed by atoms with Crippen molar-refractivity contribution in [1.82, 2.24) is 4.90 Å². The van der Waals surface area contributed by atoms with Gasteiger partial charge < -0.3 is 10.0 Å². The molecule has 1 unspecified atom stereocenters. The summed E-state index contributed by atoms with van der Waals surface area (Å²) in [6.45, 7) is 2.61. The Morgan fingerprint density at radius 1 is 1.33 bits per heavy atom. The van der Waals surface area contributed by atoms with Crippen LogP contribution in [0.25, 0.3) is 0 Å². The highest BCUT2D eigenvalue weighted by molar-refractivity contribution is 6.06. The summed E-state index contributed by atoms with van der Waals surface area (Å²) in [5, 5.41) is 8.90. The summed E-state index contributed by atoms with van der Waals surface area (Å²) in [4.78, 5) is 36.3. The lowest BCUT2D eigenvalue weighted by Crippen LogP contribution is -2.45. The Morgan fingerprint density at radius 3 is 2.44 bits per heavy atom. The van der Waals surface area contributed by atoms with Crippen molar-refractivity contribution in [3.63, 3.8) is 0 Å². The maximum Gasteiger partial charge on any atom is 0.407 e. The summed E-state index contributed by atoms with van der Waals surface area (Å²) in [5.74, 6) is -0.316. The molecular weight excluding hydrogens is 234 g/mol. The zero-order chi connectivity index (χ0) is 13.3. The number of piperidine rings is 1. The number of ketones is 2. The van der Waals surface area contributed by atoms with E-state index < -0.39 is 17.4 Å². The fourth-order valence-corrected chi connectivity index (χ4v) is 3.22. The van der Waals surface area contributed by atoms with E-state index in [1.54, 1.807) is 6.92 Å². The second kappa shape index (κ2) is 4.71. The zero-order valence-electron chi connectivity index (χ0n) is 10.6. The second-order valence-corrected chi connectivity index (χ2v) is 5.33. The van der Waals surface area contributed by atoms with Crippen molar-refractivity contribution in [3.05, 3.63) is 0 Å². The summed E-state index contributed by atoms with van der Waals surface area (Å²) >= 11 is 0. The fourth-order valence-electron chi connectivity index (χ4n) is 3.22. The van der Waals surface area contributed by atoms with E-state index in [2.05, 4.69) is 0 Å². The molecule has 0 aromatic rings. The van der Waals surface area contributed by atoms with Crippen LogP contribution in [0.5, 0.6) is 0 Å². The third-order valence-electron chi connectivity index (χ3n) is 4.48. The molecular formula is C13H19NO4. The second-order valence-electron chi connectivity index (χ2n) is 5.33. The summed E-state index contributed by atoms with van der Waals surface area (Å²) in [7, 11) is 0. The molecule has 1 spiro atoms. The van der Waals surface area contributed by atoms with Gasteiger partial charge in [-0.15, -0.1) is 0 Å². The normalized spacial score (nSPS) is 26.6. The number of likely N-dealkylation sites (tertiary alicyclic amines) is 1. The topological polar surface area (TPSA) is 74.7 Å². The Balaban J connectivity index is 2.05. The molecule has 5 nitrogen and oxygen atoms in total. The van der Waals surface area contributed by atoms with Gasteiger partial charge in [0.2, 0.25) is 0 Å². The van der Waals surface area contributed by atoms with Gasteiger partial charge in [-0.05, 0) is 25.7 Å². The number of Topliss-reactive ketones (excluding diaryl/α,β-unsaturated/α-hetero) is 2. The minimum absolute atomic E-state index is 0.0394. The van der Waals surface area contributed by atoms with Crippen LogP contribution in [0.1, 0.15) is 39.0 Å². The Kier molecular flexibility index (Phi) is 3.41. The molecule has 1 saturated heterocycles. The van der Waals surface area contributed by atoms with Crippen LogP contribution < -0.4 is 0 Å². The van der Waals surface area contributed by atoms with Gasteiger partial charge in [-0.3, -0.25) is 9.59 Å². The molecule has 0 aromatic heterocycles. The molecule has 100 valence electrons. The third-order valence-corrected chi connectivity index (χ3v) is 4.48. The maximum atomic E-state index is 12.4. The molecule has 2 fully saturated rings. The maximum absolute atomic E-state index is 12.4. The minimum atomic E-state index is -0.920. The first-order valence-corrected chi connectivity index (χ1v) is 6.55. The van der Waals surface area contributed by atoms with E-state index in [4.69, 9.17) is 5.11 Å². The first kappa shape index (κ1) is 13.1. The summed E-state index contributed by atoms with van der Waals surface area (Å²) in [6.07, 6.45) is 2.04. The van der Waals surface area contributed by atoms with Crippen LogP contribution in [0.4, 0.5) is 4.79 Å². The molecule has 18 heavy (non-hydrogen) atoms. The molecule has 1 saturated carbocycles. The number of amides is 1. The third kappa shape index (κ3) is 2.02. The standard InChI is InChI=1S/C13H19NO4/c1-2-10(15)9-3-4-13(11(9)16)5-7-14(8-6-13)12(17)18/h9H,2-8H2,1H3,(H,17,18). The first-order valence-electron chi connectivity index (χ1n) is 6.55. The van der Waals surface area contributed by atoms with Crippen molar-refractivity contribution in [2.24, 2.45) is 11.3 Å². The molecule has 1 amide bonds. The number of rotatable bonds is 2. The number of hydrogen-bond donors (Lipinski definition) is 1. The Hall–Kier alpha value is -1.39. The lowest BCUT2D eigenvalue weighted by molar-refractivity contribution is -0.136. The van der Waals surface area contributed by atoms with Gasteiger partial charge in [0, 0.05) is 24.9 Å². The van der Waals surface area contributed by atoms with E-state index >= 15 is 0 Å². The molecule has 2 aliphatic rings. The zero-order valence-corrected chi connectivity index (χ0v) is 10.6. The van der Waals surface area contributed by atoms with Crippen molar-refractivity contribution in [2.75, 3.05) is 13.1 Å². The van der Waals surface area contributed by atoms with E-state index in [1.807, 2.05) is 0 Å². The predicted octanol–water partition coefficient (Wildman–Crippen LogP) is 1.70. The van der Waals surface area contributed by atoms with Crippen LogP contribution in [0.15, 0.2) is 0 Å². The molecule has 1 aliphatic carbocycles. The number of carbonyl (C=O) groups excluding carboxylic acids is 2. The van der Waals surface area contributed by atoms with Gasteiger partial charge in [-0.2, -0.15) is 0 Å². The van der Waals surface area contributed by atoms with Crippen molar-refractivity contribution < 1.29 is 19.5 Å². The lowest BCUT2D eigenvalue weighted by Gasteiger charge is -2.37. The van der Waals surface area contributed by atoms with Crippen molar-refractivity contribution in [3.8, 4) is 0 Å². The smallest absolute Gasteiger partial charge is 0.407 e. The van der Waals surface area contributed by atoms with Gasteiger partial charge in [0.1, 0.15) is 11.6 Å². The van der Waals surface area contributed by atoms with Crippen LogP contribution in [0.3, 0.4) is 0 Å². The Labute approximate surface area is 106 Å². The predicted molar refractivity (Wildman–Crippen MR) is 64.3 cm³/mol. The molecule has 5 heteroatoms. The largest absolute Gasteiger partial charge is 0.465 e. The Morgan fingerprint density at radius 2 is 1.94 bits per heavy atom. The molecule has 1 N–H and O–H groups in total. The van der Waals surface area contributed by atoms with Crippen LogP contribution in [0, 0.1) is 11.3 Å². The number of nitrogens with zero attached hydrogens (tertiary/aromatic N) is 1. The number of carboxylic acid groups (broad SMARTS) is 1. The fraction of sp³-hybridized carbons (Fsp3) is 0.769. The van der Waals surface area contributed by atoms with Gasteiger partial charge in [-0.25, -0.2) is 4.79 Å². The summed E-state index contributed by atoms with van der Waals surface area (Å²) in [5.41, 5.74) is -0.415. The van der Waals surface area contributed by atoms with E-state index in [1.165, 1.54) is 4.90 Å². The molecule has 1 heterocycles. The van der Waals surface area contributed by atoms with Gasteiger partial charge >= 0.3 is 6.09 Å². The van der Waals surface area contributed by atoms with Crippen LogP contribution >= 0.6 is 0 Å². The average Bonchev–Trinajstić information content (AvgIpc) is 2.67. The van der Waals surface area contributed by atoms with Crippen LogP contribution in [-0.2, 0) is 9.59 Å². The SMILES string of the molecule is CCC(=O)C1CCC2(CCN(C(=O)O)CC2)C1=O. The molecule has 1 aliphatic heterocycles. The van der Waals surface area contributed by atoms with E-state index in [0.717, 1.165) is 6.42 Å². The first-order chi connectivity index (χ1) is 8.50. The molecule has 2 rings (SSSR count). The summed E-state index contributed by atoms with van der Waals surface area (Å²) < 4.78 is 0. The highest BCUT2D eigenvalue weighted by Crippen LogP contribution is 2.46. The van der Waals surface area contributed by atoms with Gasteiger partial charge in [-0.1, -0.05) is 6.92 Å². The van der Waals surface area contributed by atoms with Gasteiger partial charge in [0.25, 0.3) is 0 Å². The molecule has 0 radical (unpaired) electrons. The van der Waals surface area contributed by atoms with Crippen molar-refractivity contribution in [1.29, 1.82) is 0 Å². The molecule has 1 atom stereocenters. The lowest BCUT2D eigenvalue weighted by atomic mass is 9.75. The van der Waals surface area contributed by atoms with E-state index in [9.17, 15) is 14.4 Å². The van der Waals surface area contributed by atoms with Gasteiger partial charge in [0.15, 0.2) is 0 Å². The average molecular weight is 253 g/mol. The van der Waals surface area contributed by atoms with E-state index in [0.29, 0.717) is 38.8 Å². The van der Waals surface area contributed by atoms with E-state index in [-0.39, 0.29) is 11.6 Å². The molecule has 0 bridgehead atoms. The summed E-state index contributed by atoms with van der Waals surface area (Å²) in [6, 6.07) is 0. The number of carbonyl (C=O) groups is 3. The van der Waals surface area contributed by atoms with Crippen molar-refractivity contribution >= 4 is 17.7 Å². The van der Waals surface area contributed by atoms with Gasteiger partial charge in [0.05, 0.1) is 5.92 Å². The highest BCUT2D eigenvalue weighted by atomic mass is 16.4. The van der Waals surface area contributed by atoms with Crippen molar-refractivity contribution in [2.45, 2.75) is 39.0 Å². The quantitative estimate of drug-likeness (QED) is 0.760. The molecule has 0 aromatic carbocycles. The minimum Gasteiger partial charge on any atom is -0.465 e. The number of hydrogen-bond acceptors (Lipinski definition) is 3. The van der Waals surface area contributed by atoms with Crippen LogP contribution in [0.2, 0.25) is 0 Å². The van der Waals surface area contributed by atoms with Crippen LogP contribution in [-0.4, -0.2) is 40.8 Å². The highest BCUT2D eigenvalue weighted by Gasteiger charge is 2.50. The Bertz CT molecular complexity index is 382. The monoisotopic (exact) mass is 253 g/mol.